The van der Waals surface area contributed by atoms with Gasteiger partial charge >= 0.3 is 0 Å². The number of amidine groups is 1. The SMILES string of the molecule is OCCCN=C1N[C@H](CO)[C@@H](O)[C@H](O)[C@H]1O. The third-order valence-corrected chi connectivity index (χ3v) is 2.49. The highest BCUT2D eigenvalue weighted by Gasteiger charge is 2.39. The van der Waals surface area contributed by atoms with Gasteiger partial charge in [0.2, 0.25) is 0 Å². The molecule has 0 saturated carbocycles. The molecular formula is C9H18N2O5. The van der Waals surface area contributed by atoms with Gasteiger partial charge in [0.25, 0.3) is 0 Å². The summed E-state index contributed by atoms with van der Waals surface area (Å²) in [6.45, 7) is -0.0810. The average Bonchev–Trinajstić information content (AvgIpc) is 2.29. The van der Waals surface area contributed by atoms with Crippen molar-refractivity contribution < 1.29 is 25.5 Å². The molecule has 0 aromatic heterocycles. The van der Waals surface area contributed by atoms with E-state index in [0.717, 1.165) is 0 Å². The van der Waals surface area contributed by atoms with Gasteiger partial charge < -0.3 is 30.8 Å². The molecule has 7 heteroatoms. The Balaban J connectivity index is 2.66. The molecule has 1 fully saturated rings. The van der Waals surface area contributed by atoms with Crippen molar-refractivity contribution in [2.24, 2.45) is 4.99 Å². The summed E-state index contributed by atoms with van der Waals surface area (Å²) in [7, 11) is 0. The summed E-state index contributed by atoms with van der Waals surface area (Å²) in [5.74, 6) is 0.130. The maximum atomic E-state index is 9.57. The first-order chi connectivity index (χ1) is 7.61. The Labute approximate surface area is 93.1 Å². The Morgan fingerprint density at radius 3 is 2.38 bits per heavy atom. The maximum absolute atomic E-state index is 9.57. The van der Waals surface area contributed by atoms with Gasteiger partial charge in [0.1, 0.15) is 24.1 Å². The zero-order chi connectivity index (χ0) is 12.1. The topological polar surface area (TPSA) is 126 Å². The molecule has 1 aliphatic rings. The number of piperidine rings is 1. The highest BCUT2D eigenvalue weighted by molar-refractivity contribution is 5.88. The van der Waals surface area contributed by atoms with Gasteiger partial charge in [-0.15, -0.1) is 0 Å². The summed E-state index contributed by atoms with van der Waals surface area (Å²) < 4.78 is 0. The summed E-state index contributed by atoms with van der Waals surface area (Å²) in [4.78, 5) is 3.95. The third-order valence-electron chi connectivity index (χ3n) is 2.49. The Morgan fingerprint density at radius 1 is 1.12 bits per heavy atom. The van der Waals surface area contributed by atoms with Gasteiger partial charge in [-0.3, -0.25) is 4.99 Å². The van der Waals surface area contributed by atoms with Gasteiger partial charge in [-0.25, -0.2) is 0 Å². The van der Waals surface area contributed by atoms with E-state index in [4.69, 9.17) is 10.2 Å². The number of aliphatic hydroxyl groups excluding tert-OH is 5. The standard InChI is InChI=1S/C9H18N2O5/c12-3-1-2-10-9-8(16)7(15)6(14)5(4-13)11-9/h5-8,12-16H,1-4H2,(H,10,11)/t5-,6-,7+,8-/m1/s1. The van der Waals surface area contributed by atoms with Crippen molar-refractivity contribution in [1.82, 2.24) is 5.32 Å². The van der Waals surface area contributed by atoms with Crippen molar-refractivity contribution in [2.45, 2.75) is 30.8 Å². The van der Waals surface area contributed by atoms with Crippen molar-refractivity contribution in [1.29, 1.82) is 0 Å². The Hall–Kier alpha value is -0.730. The summed E-state index contributed by atoms with van der Waals surface area (Å²) in [6, 6.07) is -0.744. The van der Waals surface area contributed by atoms with Gasteiger partial charge in [0.05, 0.1) is 12.6 Å². The first-order valence-electron chi connectivity index (χ1n) is 5.18. The first-order valence-corrected chi connectivity index (χ1v) is 5.18. The van der Waals surface area contributed by atoms with Crippen molar-refractivity contribution in [3.05, 3.63) is 0 Å². The van der Waals surface area contributed by atoms with E-state index in [2.05, 4.69) is 10.3 Å². The van der Waals surface area contributed by atoms with E-state index in [-0.39, 0.29) is 19.0 Å². The molecule has 0 aromatic rings. The summed E-state index contributed by atoms with van der Waals surface area (Å²) in [6.07, 6.45) is -3.46. The van der Waals surface area contributed by atoms with E-state index < -0.39 is 24.4 Å². The average molecular weight is 234 g/mol. The summed E-state index contributed by atoms with van der Waals surface area (Å²) >= 11 is 0. The van der Waals surface area contributed by atoms with Crippen LogP contribution in [-0.2, 0) is 0 Å². The minimum Gasteiger partial charge on any atom is -0.396 e. The molecular weight excluding hydrogens is 216 g/mol. The van der Waals surface area contributed by atoms with Gasteiger partial charge in [0.15, 0.2) is 0 Å². The van der Waals surface area contributed by atoms with Crippen molar-refractivity contribution in [3.8, 4) is 0 Å². The molecule has 1 heterocycles. The molecule has 16 heavy (non-hydrogen) atoms. The second kappa shape index (κ2) is 6.12. The molecule has 6 N–H and O–H groups in total. The van der Waals surface area contributed by atoms with Gasteiger partial charge in [-0.2, -0.15) is 0 Å². The fraction of sp³-hybridized carbons (Fsp3) is 0.889. The van der Waals surface area contributed by atoms with Crippen LogP contribution in [0.3, 0.4) is 0 Å². The Morgan fingerprint density at radius 2 is 1.81 bits per heavy atom. The molecule has 0 spiro atoms. The van der Waals surface area contributed by atoms with Gasteiger partial charge in [0, 0.05) is 13.2 Å². The predicted molar refractivity (Wildman–Crippen MR) is 56.0 cm³/mol. The van der Waals surface area contributed by atoms with E-state index in [9.17, 15) is 15.3 Å². The number of aliphatic imine (C=N–C) groups is 1. The van der Waals surface area contributed by atoms with Gasteiger partial charge in [-0.05, 0) is 6.42 Å². The molecule has 1 saturated heterocycles. The summed E-state index contributed by atoms with van der Waals surface area (Å²) in [5.41, 5.74) is 0. The number of nitrogens with one attached hydrogen (secondary N) is 1. The summed E-state index contributed by atoms with van der Waals surface area (Å²) in [5, 5.41) is 48.7. The van der Waals surface area contributed by atoms with Crippen LogP contribution in [0.2, 0.25) is 0 Å². The second-order valence-electron chi connectivity index (χ2n) is 3.70. The normalized spacial score (nSPS) is 37.4. The fourth-order valence-corrected chi connectivity index (χ4v) is 1.51. The first kappa shape index (κ1) is 13.3. The molecule has 0 bridgehead atoms. The third kappa shape index (κ3) is 2.89. The molecule has 0 amide bonds. The van der Waals surface area contributed by atoms with Crippen LogP contribution in [0.15, 0.2) is 4.99 Å². The fourth-order valence-electron chi connectivity index (χ4n) is 1.51. The van der Waals surface area contributed by atoms with Crippen molar-refractivity contribution in [2.75, 3.05) is 19.8 Å². The lowest BCUT2D eigenvalue weighted by Crippen LogP contribution is -2.63. The number of nitrogens with zero attached hydrogens (tertiary/aromatic N) is 1. The van der Waals surface area contributed by atoms with Gasteiger partial charge in [-0.1, -0.05) is 0 Å². The minimum atomic E-state index is -1.37. The van der Waals surface area contributed by atoms with Crippen molar-refractivity contribution in [3.63, 3.8) is 0 Å². The molecule has 4 atom stereocenters. The minimum absolute atomic E-state index is 0.0124. The maximum Gasteiger partial charge on any atom is 0.139 e. The van der Waals surface area contributed by atoms with E-state index in [0.29, 0.717) is 13.0 Å². The largest absolute Gasteiger partial charge is 0.396 e. The van der Waals surface area contributed by atoms with E-state index >= 15 is 0 Å². The van der Waals surface area contributed by atoms with Crippen LogP contribution in [0.5, 0.6) is 0 Å². The molecule has 0 aliphatic carbocycles. The number of rotatable bonds is 4. The van der Waals surface area contributed by atoms with Crippen LogP contribution in [0.4, 0.5) is 0 Å². The lowest BCUT2D eigenvalue weighted by atomic mass is 9.95. The van der Waals surface area contributed by atoms with E-state index in [1.165, 1.54) is 0 Å². The molecule has 94 valence electrons. The molecule has 0 aromatic carbocycles. The van der Waals surface area contributed by atoms with E-state index in [1.54, 1.807) is 0 Å². The smallest absolute Gasteiger partial charge is 0.139 e. The van der Waals surface area contributed by atoms with Crippen LogP contribution < -0.4 is 5.32 Å². The lowest BCUT2D eigenvalue weighted by Gasteiger charge is -2.36. The quantitative estimate of drug-likeness (QED) is 0.285. The molecule has 0 unspecified atom stereocenters. The zero-order valence-electron chi connectivity index (χ0n) is 8.82. The number of aliphatic hydroxyl groups is 5. The van der Waals surface area contributed by atoms with Crippen LogP contribution in [0.25, 0.3) is 0 Å². The lowest BCUT2D eigenvalue weighted by molar-refractivity contribution is -0.0681. The predicted octanol–water partition coefficient (Wildman–Crippen LogP) is -3.19. The van der Waals surface area contributed by atoms with Crippen LogP contribution >= 0.6 is 0 Å². The Kier molecular flexibility index (Phi) is 5.10. The molecule has 0 radical (unpaired) electrons. The number of hydrogen-bond donors (Lipinski definition) is 6. The van der Waals surface area contributed by atoms with Crippen molar-refractivity contribution >= 4 is 5.84 Å². The van der Waals surface area contributed by atoms with E-state index in [1.807, 2.05) is 0 Å². The highest BCUT2D eigenvalue weighted by Crippen LogP contribution is 2.12. The molecule has 1 aliphatic heterocycles. The van der Waals surface area contributed by atoms with Crippen LogP contribution in [-0.4, -0.2) is 75.5 Å². The highest BCUT2D eigenvalue weighted by atomic mass is 16.4. The second-order valence-corrected chi connectivity index (χ2v) is 3.70. The zero-order valence-corrected chi connectivity index (χ0v) is 8.82. The number of hydrogen-bond acceptors (Lipinski definition) is 6. The molecule has 7 nitrogen and oxygen atoms in total. The molecule has 1 rings (SSSR count). The monoisotopic (exact) mass is 234 g/mol. The van der Waals surface area contributed by atoms with Crippen LogP contribution in [0, 0.1) is 0 Å². The van der Waals surface area contributed by atoms with Crippen LogP contribution in [0.1, 0.15) is 6.42 Å². The Bertz CT molecular complexity index is 246.